The molecule has 2 fully saturated rings. The van der Waals surface area contributed by atoms with E-state index in [2.05, 4.69) is 14.9 Å². The summed E-state index contributed by atoms with van der Waals surface area (Å²) in [6.07, 6.45) is 5.65. The fourth-order valence-electron chi connectivity index (χ4n) is 3.68. The zero-order chi connectivity index (χ0) is 21.3. The van der Waals surface area contributed by atoms with Gasteiger partial charge in [0.1, 0.15) is 0 Å². The number of piperidine rings is 1. The molecule has 2 N–H and O–H groups in total. The molecule has 1 aromatic rings. The first-order valence-corrected chi connectivity index (χ1v) is 12.0. The predicted molar refractivity (Wildman–Crippen MR) is 113 cm³/mol. The molecule has 0 unspecified atom stereocenters. The highest BCUT2D eigenvalue weighted by molar-refractivity contribution is 7.91. The lowest BCUT2D eigenvalue weighted by Gasteiger charge is -2.32. The van der Waals surface area contributed by atoms with Crippen LogP contribution in [-0.2, 0) is 19.1 Å². The van der Waals surface area contributed by atoms with Crippen LogP contribution in [0.1, 0.15) is 47.0 Å². The van der Waals surface area contributed by atoms with Gasteiger partial charge in [-0.05, 0) is 66.0 Å². The summed E-state index contributed by atoms with van der Waals surface area (Å²) in [4.78, 5) is 10.6. The monoisotopic (exact) mass is 424 g/mol. The molecule has 0 bridgehead atoms. The van der Waals surface area contributed by atoms with Gasteiger partial charge in [0.2, 0.25) is 15.0 Å². The number of rotatable bonds is 7. The molecule has 29 heavy (non-hydrogen) atoms. The summed E-state index contributed by atoms with van der Waals surface area (Å²) in [6.45, 7) is 11.4. The van der Waals surface area contributed by atoms with Crippen molar-refractivity contribution < 1.29 is 17.7 Å². The molecule has 10 heteroatoms. The average Bonchev–Trinajstić information content (AvgIpc) is 2.89. The summed E-state index contributed by atoms with van der Waals surface area (Å²) in [5.41, 5.74) is 5.28. The van der Waals surface area contributed by atoms with Crippen LogP contribution in [0.15, 0.2) is 17.6 Å². The van der Waals surface area contributed by atoms with E-state index in [1.165, 1.54) is 12.4 Å². The van der Waals surface area contributed by atoms with Crippen molar-refractivity contribution in [1.29, 1.82) is 0 Å². The third-order valence-electron chi connectivity index (χ3n) is 6.40. The van der Waals surface area contributed by atoms with Crippen molar-refractivity contribution in [3.05, 3.63) is 12.4 Å². The Morgan fingerprint density at radius 3 is 2.21 bits per heavy atom. The van der Waals surface area contributed by atoms with E-state index in [-0.39, 0.29) is 10.9 Å². The molecule has 0 radical (unpaired) electrons. The minimum Gasteiger partial charge on any atom is -0.399 e. The van der Waals surface area contributed by atoms with Gasteiger partial charge in [0.25, 0.3) is 0 Å². The van der Waals surface area contributed by atoms with E-state index in [1.54, 1.807) is 0 Å². The molecule has 3 rings (SSSR count). The SMILES string of the molecule is CC1(C)OB(c2cnc(S(=O)(=O)CCC3CCN(CCN)CC3)nc2)OC1(C)C. The van der Waals surface area contributed by atoms with Gasteiger partial charge in [0.05, 0.1) is 17.0 Å². The van der Waals surface area contributed by atoms with E-state index in [4.69, 9.17) is 15.0 Å². The van der Waals surface area contributed by atoms with Crippen LogP contribution in [-0.4, -0.2) is 73.5 Å². The molecule has 0 aromatic carbocycles. The molecule has 2 saturated heterocycles. The third-order valence-corrected chi connectivity index (χ3v) is 7.94. The van der Waals surface area contributed by atoms with Crippen LogP contribution in [0.2, 0.25) is 0 Å². The van der Waals surface area contributed by atoms with Crippen LogP contribution in [0.5, 0.6) is 0 Å². The fourth-order valence-corrected chi connectivity index (χ4v) is 4.93. The highest BCUT2D eigenvalue weighted by atomic mass is 32.2. The van der Waals surface area contributed by atoms with Crippen molar-refractivity contribution in [1.82, 2.24) is 14.9 Å². The zero-order valence-corrected chi connectivity index (χ0v) is 18.7. The summed E-state index contributed by atoms with van der Waals surface area (Å²) in [5.74, 6) is 0.493. The van der Waals surface area contributed by atoms with Gasteiger partial charge < -0.3 is 19.9 Å². The Hall–Kier alpha value is -1.07. The number of likely N-dealkylation sites (tertiary alicyclic amines) is 1. The van der Waals surface area contributed by atoms with E-state index in [0.29, 0.717) is 24.3 Å². The number of aromatic nitrogens is 2. The molecule has 1 aromatic heterocycles. The molecular weight excluding hydrogens is 391 g/mol. The van der Waals surface area contributed by atoms with E-state index in [1.807, 2.05) is 27.7 Å². The van der Waals surface area contributed by atoms with Gasteiger partial charge in [0, 0.05) is 30.9 Å². The zero-order valence-electron chi connectivity index (χ0n) is 17.9. The Bertz CT molecular complexity index is 777. The lowest BCUT2D eigenvalue weighted by Crippen LogP contribution is -2.41. The van der Waals surface area contributed by atoms with Gasteiger partial charge in [-0.3, -0.25) is 0 Å². The van der Waals surface area contributed by atoms with E-state index >= 15 is 0 Å². The predicted octanol–water partition coefficient (Wildman–Crippen LogP) is 0.610. The summed E-state index contributed by atoms with van der Waals surface area (Å²) >= 11 is 0. The van der Waals surface area contributed by atoms with E-state index in [9.17, 15) is 8.42 Å². The quantitative estimate of drug-likeness (QED) is 0.501. The fraction of sp³-hybridized carbons (Fsp3) is 0.789. The smallest absolute Gasteiger partial charge is 0.399 e. The summed E-state index contributed by atoms with van der Waals surface area (Å²) in [7, 11) is -4.11. The number of nitrogens with two attached hydrogens (primary N) is 1. The van der Waals surface area contributed by atoms with Gasteiger partial charge in [-0.25, -0.2) is 18.4 Å². The highest BCUT2D eigenvalue weighted by Gasteiger charge is 2.52. The van der Waals surface area contributed by atoms with Gasteiger partial charge >= 0.3 is 7.12 Å². The number of hydrogen-bond acceptors (Lipinski definition) is 8. The molecule has 0 aliphatic carbocycles. The normalized spacial score (nSPS) is 22.9. The van der Waals surface area contributed by atoms with Crippen LogP contribution in [0.25, 0.3) is 0 Å². The lowest BCUT2D eigenvalue weighted by atomic mass is 9.81. The first kappa shape index (κ1) is 22.6. The average molecular weight is 424 g/mol. The summed E-state index contributed by atoms with van der Waals surface area (Å²) < 4.78 is 37.3. The Morgan fingerprint density at radius 1 is 1.14 bits per heavy atom. The maximum Gasteiger partial charge on any atom is 0.498 e. The molecule has 0 saturated carbocycles. The van der Waals surface area contributed by atoms with Crippen LogP contribution in [0.3, 0.4) is 0 Å². The molecule has 2 aliphatic heterocycles. The molecule has 3 heterocycles. The Kier molecular flexibility index (Phi) is 6.70. The molecule has 0 atom stereocenters. The first-order chi connectivity index (χ1) is 13.5. The van der Waals surface area contributed by atoms with Gasteiger partial charge in [-0.15, -0.1) is 0 Å². The van der Waals surface area contributed by atoms with Crippen LogP contribution in [0.4, 0.5) is 0 Å². The van der Waals surface area contributed by atoms with Crippen molar-refractivity contribution in [3.8, 4) is 0 Å². The minimum atomic E-state index is -3.51. The molecular formula is C19H33BN4O4S. The summed E-state index contributed by atoms with van der Waals surface area (Å²) in [5, 5.41) is -0.127. The lowest BCUT2D eigenvalue weighted by molar-refractivity contribution is 0.00578. The molecule has 2 aliphatic rings. The second-order valence-electron chi connectivity index (χ2n) is 9.07. The topological polar surface area (TPSA) is 108 Å². The number of nitrogens with zero attached hydrogens (tertiary/aromatic N) is 3. The molecule has 0 spiro atoms. The number of hydrogen-bond donors (Lipinski definition) is 1. The Morgan fingerprint density at radius 2 is 1.69 bits per heavy atom. The maximum atomic E-state index is 12.7. The van der Waals surface area contributed by atoms with Crippen molar-refractivity contribution in [2.45, 2.75) is 63.3 Å². The number of sulfone groups is 1. The molecule has 8 nitrogen and oxygen atoms in total. The van der Waals surface area contributed by atoms with Gasteiger partial charge in [-0.1, -0.05) is 0 Å². The molecule has 0 amide bonds. The highest BCUT2D eigenvalue weighted by Crippen LogP contribution is 2.36. The minimum absolute atomic E-state index is 0.0738. The van der Waals surface area contributed by atoms with E-state index < -0.39 is 28.2 Å². The largest absolute Gasteiger partial charge is 0.498 e. The van der Waals surface area contributed by atoms with Crippen molar-refractivity contribution in [2.24, 2.45) is 11.7 Å². The van der Waals surface area contributed by atoms with Crippen molar-refractivity contribution >= 4 is 22.4 Å². The Balaban J connectivity index is 1.57. The molecule has 162 valence electrons. The van der Waals surface area contributed by atoms with Crippen LogP contribution < -0.4 is 11.2 Å². The Labute approximate surface area is 174 Å². The van der Waals surface area contributed by atoms with Crippen LogP contribution >= 0.6 is 0 Å². The maximum absolute atomic E-state index is 12.7. The summed E-state index contributed by atoms with van der Waals surface area (Å²) in [6, 6.07) is 0. The third kappa shape index (κ3) is 5.17. The van der Waals surface area contributed by atoms with Crippen LogP contribution in [0, 0.1) is 5.92 Å². The second kappa shape index (κ2) is 8.59. The second-order valence-corrected chi connectivity index (χ2v) is 11.1. The van der Waals surface area contributed by atoms with Gasteiger partial charge in [0.15, 0.2) is 0 Å². The van der Waals surface area contributed by atoms with Crippen molar-refractivity contribution in [2.75, 3.05) is 31.9 Å². The standard InChI is InChI=1S/C19H33BN4O4S/c1-18(2)19(3,4)28-20(27-18)16-13-22-17(23-14-16)29(25,26)12-7-15-5-9-24(10-6-15)11-8-21/h13-15H,5-12,21H2,1-4H3. The first-order valence-electron chi connectivity index (χ1n) is 10.4. The van der Waals surface area contributed by atoms with E-state index in [0.717, 1.165) is 32.5 Å². The van der Waals surface area contributed by atoms with Crippen molar-refractivity contribution in [3.63, 3.8) is 0 Å². The van der Waals surface area contributed by atoms with Gasteiger partial charge in [-0.2, -0.15) is 0 Å².